The SMILES string of the molecule is CCC(c1ccccn1)n1cc(-c2cc(CN(C)C)cs2)nn1. The van der Waals surface area contributed by atoms with Crippen LogP contribution >= 0.6 is 11.3 Å². The van der Waals surface area contributed by atoms with Gasteiger partial charge in [-0.15, -0.1) is 16.4 Å². The maximum absolute atomic E-state index is 4.45. The zero-order valence-corrected chi connectivity index (χ0v) is 14.5. The lowest BCUT2D eigenvalue weighted by Gasteiger charge is -2.13. The Hall–Kier alpha value is -2.05. The van der Waals surface area contributed by atoms with Gasteiger partial charge in [-0.1, -0.05) is 18.2 Å². The van der Waals surface area contributed by atoms with Gasteiger partial charge in [-0.3, -0.25) is 4.98 Å². The molecular formula is C17H21N5S. The highest BCUT2D eigenvalue weighted by molar-refractivity contribution is 7.13. The highest BCUT2D eigenvalue weighted by atomic mass is 32.1. The fourth-order valence-electron chi connectivity index (χ4n) is 2.60. The molecule has 6 heteroatoms. The minimum atomic E-state index is 0.124. The van der Waals surface area contributed by atoms with E-state index in [0.717, 1.165) is 29.2 Å². The van der Waals surface area contributed by atoms with E-state index in [2.05, 4.69) is 52.7 Å². The lowest BCUT2D eigenvalue weighted by atomic mass is 10.1. The van der Waals surface area contributed by atoms with Crippen molar-refractivity contribution in [1.82, 2.24) is 24.9 Å². The summed E-state index contributed by atoms with van der Waals surface area (Å²) in [6, 6.07) is 8.30. The van der Waals surface area contributed by atoms with Crippen LogP contribution in [0.1, 0.15) is 30.6 Å². The molecule has 0 aliphatic carbocycles. The van der Waals surface area contributed by atoms with Gasteiger partial charge < -0.3 is 4.90 Å². The lowest BCUT2D eigenvalue weighted by Crippen LogP contribution is -2.11. The molecule has 0 aliphatic heterocycles. The van der Waals surface area contributed by atoms with Crippen LogP contribution in [0, 0.1) is 0 Å². The van der Waals surface area contributed by atoms with Gasteiger partial charge in [-0.2, -0.15) is 0 Å². The molecule has 0 radical (unpaired) electrons. The molecule has 23 heavy (non-hydrogen) atoms. The van der Waals surface area contributed by atoms with Gasteiger partial charge in [-0.05, 0) is 49.7 Å². The van der Waals surface area contributed by atoms with Crippen LogP contribution in [0.2, 0.25) is 0 Å². The second-order valence-electron chi connectivity index (χ2n) is 5.82. The summed E-state index contributed by atoms with van der Waals surface area (Å²) >= 11 is 1.71. The van der Waals surface area contributed by atoms with E-state index in [1.54, 1.807) is 11.3 Å². The molecule has 0 saturated heterocycles. The Kier molecular flexibility index (Phi) is 4.83. The second kappa shape index (κ2) is 7.02. The third-order valence-corrected chi connectivity index (χ3v) is 4.65. The number of thiophene rings is 1. The Morgan fingerprint density at radius 2 is 2.17 bits per heavy atom. The van der Waals surface area contributed by atoms with Crippen LogP contribution in [-0.4, -0.2) is 39.0 Å². The third-order valence-electron chi connectivity index (χ3n) is 3.65. The fraction of sp³-hybridized carbons (Fsp3) is 0.353. The molecule has 3 aromatic rings. The van der Waals surface area contributed by atoms with Gasteiger partial charge in [0, 0.05) is 12.7 Å². The molecule has 120 valence electrons. The average molecular weight is 327 g/mol. The first-order valence-corrected chi connectivity index (χ1v) is 8.60. The largest absolute Gasteiger partial charge is 0.305 e. The van der Waals surface area contributed by atoms with Crippen LogP contribution in [0.5, 0.6) is 0 Å². The Morgan fingerprint density at radius 3 is 2.87 bits per heavy atom. The van der Waals surface area contributed by atoms with Crippen molar-refractivity contribution in [3.63, 3.8) is 0 Å². The van der Waals surface area contributed by atoms with Gasteiger partial charge in [-0.25, -0.2) is 4.68 Å². The number of hydrogen-bond donors (Lipinski definition) is 0. The number of aromatic nitrogens is 4. The van der Waals surface area contributed by atoms with Crippen LogP contribution in [0.15, 0.2) is 42.0 Å². The number of pyridine rings is 1. The summed E-state index contributed by atoms with van der Waals surface area (Å²) in [4.78, 5) is 7.77. The Labute approximate surface area is 140 Å². The predicted molar refractivity (Wildman–Crippen MR) is 93.4 cm³/mol. The molecular weight excluding hydrogens is 306 g/mol. The summed E-state index contributed by atoms with van der Waals surface area (Å²) in [5.41, 5.74) is 3.25. The van der Waals surface area contributed by atoms with Crippen molar-refractivity contribution in [3.05, 3.63) is 53.3 Å². The Balaban J connectivity index is 1.83. The molecule has 0 fully saturated rings. The van der Waals surface area contributed by atoms with Gasteiger partial charge in [0.05, 0.1) is 22.8 Å². The molecule has 0 N–H and O–H groups in total. The Bertz CT molecular complexity index is 747. The van der Waals surface area contributed by atoms with Crippen LogP contribution in [0.25, 0.3) is 10.6 Å². The topological polar surface area (TPSA) is 46.8 Å². The van der Waals surface area contributed by atoms with Crippen LogP contribution in [0.3, 0.4) is 0 Å². The monoisotopic (exact) mass is 327 g/mol. The highest BCUT2D eigenvalue weighted by Crippen LogP contribution is 2.27. The second-order valence-corrected chi connectivity index (χ2v) is 6.73. The maximum Gasteiger partial charge on any atom is 0.123 e. The average Bonchev–Trinajstić information content (AvgIpc) is 3.18. The van der Waals surface area contributed by atoms with E-state index < -0.39 is 0 Å². The van der Waals surface area contributed by atoms with Crippen LogP contribution in [0.4, 0.5) is 0 Å². The van der Waals surface area contributed by atoms with E-state index in [1.165, 1.54) is 5.56 Å². The minimum Gasteiger partial charge on any atom is -0.305 e. The summed E-state index contributed by atoms with van der Waals surface area (Å²) in [5, 5.41) is 10.9. The quantitative estimate of drug-likeness (QED) is 0.695. The van der Waals surface area contributed by atoms with E-state index in [4.69, 9.17) is 0 Å². The number of nitrogens with zero attached hydrogens (tertiary/aromatic N) is 5. The molecule has 0 aromatic carbocycles. The first-order chi connectivity index (χ1) is 11.2. The maximum atomic E-state index is 4.45. The molecule has 1 atom stereocenters. The van der Waals surface area contributed by atoms with Crippen molar-refractivity contribution >= 4 is 11.3 Å². The van der Waals surface area contributed by atoms with Crippen LogP contribution in [-0.2, 0) is 6.54 Å². The van der Waals surface area contributed by atoms with Gasteiger partial charge in [0.2, 0.25) is 0 Å². The van der Waals surface area contributed by atoms with Gasteiger partial charge in [0.1, 0.15) is 5.69 Å². The first kappa shape index (κ1) is 15.8. The minimum absolute atomic E-state index is 0.124. The zero-order chi connectivity index (χ0) is 16.2. The van der Waals surface area contributed by atoms with Crippen molar-refractivity contribution in [2.45, 2.75) is 25.9 Å². The zero-order valence-electron chi connectivity index (χ0n) is 13.7. The number of rotatable bonds is 6. The third kappa shape index (κ3) is 3.65. The molecule has 0 saturated carbocycles. The molecule has 0 spiro atoms. The summed E-state index contributed by atoms with van der Waals surface area (Å²) in [6.45, 7) is 3.08. The summed E-state index contributed by atoms with van der Waals surface area (Å²) < 4.78 is 1.92. The van der Waals surface area contributed by atoms with Crippen molar-refractivity contribution in [1.29, 1.82) is 0 Å². The Morgan fingerprint density at radius 1 is 1.30 bits per heavy atom. The van der Waals surface area contributed by atoms with Crippen molar-refractivity contribution < 1.29 is 0 Å². The van der Waals surface area contributed by atoms with E-state index in [9.17, 15) is 0 Å². The van der Waals surface area contributed by atoms with E-state index in [-0.39, 0.29) is 6.04 Å². The standard InChI is InChI=1S/C17H21N5S/c1-4-16(14-7-5-6-8-18-14)22-11-15(19-20-22)17-9-13(12-23-17)10-21(2)3/h5-9,11-12,16H,4,10H2,1-3H3. The van der Waals surface area contributed by atoms with Crippen LogP contribution < -0.4 is 0 Å². The van der Waals surface area contributed by atoms with Gasteiger partial charge >= 0.3 is 0 Å². The summed E-state index contributed by atoms with van der Waals surface area (Å²) in [5.74, 6) is 0. The molecule has 3 heterocycles. The predicted octanol–water partition coefficient (Wildman–Crippen LogP) is 3.46. The molecule has 3 rings (SSSR count). The van der Waals surface area contributed by atoms with Gasteiger partial charge in [0.15, 0.2) is 0 Å². The normalized spacial score (nSPS) is 12.7. The summed E-state index contributed by atoms with van der Waals surface area (Å²) in [6.07, 6.45) is 4.77. The van der Waals surface area contributed by atoms with E-state index >= 15 is 0 Å². The van der Waals surface area contributed by atoms with Gasteiger partial charge in [0.25, 0.3) is 0 Å². The number of hydrogen-bond acceptors (Lipinski definition) is 5. The first-order valence-electron chi connectivity index (χ1n) is 7.72. The fourth-order valence-corrected chi connectivity index (χ4v) is 3.46. The van der Waals surface area contributed by atoms with Crippen molar-refractivity contribution in [2.75, 3.05) is 14.1 Å². The lowest BCUT2D eigenvalue weighted by molar-refractivity contribution is 0.403. The molecule has 3 aromatic heterocycles. The molecule has 0 amide bonds. The highest BCUT2D eigenvalue weighted by Gasteiger charge is 2.16. The molecule has 0 aliphatic rings. The smallest absolute Gasteiger partial charge is 0.123 e. The van der Waals surface area contributed by atoms with E-state index in [1.807, 2.05) is 35.3 Å². The van der Waals surface area contributed by atoms with Crippen molar-refractivity contribution in [2.24, 2.45) is 0 Å². The summed E-state index contributed by atoms with van der Waals surface area (Å²) in [7, 11) is 4.15. The van der Waals surface area contributed by atoms with Crippen molar-refractivity contribution in [3.8, 4) is 10.6 Å². The van der Waals surface area contributed by atoms with E-state index in [0.29, 0.717) is 0 Å². The molecule has 1 unspecified atom stereocenters. The molecule has 5 nitrogen and oxygen atoms in total. The molecule has 0 bridgehead atoms.